The minimum atomic E-state index is 1.11. The summed E-state index contributed by atoms with van der Waals surface area (Å²) in [4.78, 5) is 6.79. The lowest BCUT2D eigenvalue weighted by molar-refractivity contribution is 0.408. The molecule has 3 rings (SSSR count). The molecule has 2 aliphatic rings. The smallest absolute Gasteiger partial charge is 0.0449 e. The first-order chi connectivity index (χ1) is 17.7. The molecule has 2 aliphatic carbocycles. The molecule has 0 amide bonds. The molecular formula is C36H62N2. The van der Waals surface area contributed by atoms with Crippen molar-refractivity contribution in [3.8, 4) is 0 Å². The standard InChI is InChI=1S/C16H25N.C10H14.C5H13N.C5H10/c1-11(2)16(14(6)17-12(3)4)15-10-8-7-9-13(15)5;1-7-5-8(2)10(4)9(3)6-7;1-4-5-6(2)3;1-2-5-3-4-5/h1,7-10H2,2-6H3;5-6H,1-4H3;4-5H2,1-3H3;5H,2-4H2,1H3/b16-14+;;;. The van der Waals surface area contributed by atoms with Crippen LogP contribution >= 0.6 is 0 Å². The summed E-state index contributed by atoms with van der Waals surface area (Å²) in [6.45, 7) is 29.0. The highest BCUT2D eigenvalue weighted by atomic mass is 15.0. The third kappa shape index (κ3) is 15.5. The van der Waals surface area contributed by atoms with Gasteiger partial charge < -0.3 is 4.90 Å². The third-order valence-electron chi connectivity index (χ3n) is 7.24. The van der Waals surface area contributed by atoms with Crippen molar-refractivity contribution in [1.29, 1.82) is 0 Å². The number of nitrogens with zero attached hydrogens (tertiary/aromatic N) is 2. The van der Waals surface area contributed by atoms with Crippen LogP contribution in [-0.2, 0) is 0 Å². The Labute approximate surface area is 238 Å². The van der Waals surface area contributed by atoms with E-state index in [-0.39, 0.29) is 0 Å². The Morgan fingerprint density at radius 3 is 1.74 bits per heavy atom. The van der Waals surface area contributed by atoms with Crippen molar-refractivity contribution in [1.82, 2.24) is 4.90 Å². The highest BCUT2D eigenvalue weighted by molar-refractivity contribution is 5.80. The zero-order valence-electron chi connectivity index (χ0n) is 27.7. The second kappa shape index (κ2) is 19.2. The summed E-state index contributed by atoms with van der Waals surface area (Å²) >= 11 is 0. The molecule has 38 heavy (non-hydrogen) atoms. The maximum absolute atomic E-state index is 4.61. The van der Waals surface area contributed by atoms with E-state index >= 15 is 0 Å². The Morgan fingerprint density at radius 1 is 0.895 bits per heavy atom. The van der Waals surface area contributed by atoms with Gasteiger partial charge in [0.15, 0.2) is 0 Å². The van der Waals surface area contributed by atoms with Crippen LogP contribution in [0, 0.1) is 33.6 Å². The number of allylic oxidation sites excluding steroid dienone is 5. The van der Waals surface area contributed by atoms with Crippen LogP contribution in [0.25, 0.3) is 0 Å². The Morgan fingerprint density at radius 2 is 1.42 bits per heavy atom. The lowest BCUT2D eigenvalue weighted by Gasteiger charge is -2.22. The third-order valence-corrected chi connectivity index (χ3v) is 7.24. The van der Waals surface area contributed by atoms with Crippen LogP contribution in [-0.4, -0.2) is 31.3 Å². The summed E-state index contributed by atoms with van der Waals surface area (Å²) in [6.07, 6.45) is 10.7. The van der Waals surface area contributed by atoms with E-state index in [0.717, 1.165) is 22.9 Å². The van der Waals surface area contributed by atoms with E-state index < -0.39 is 0 Å². The molecular weight excluding hydrogens is 460 g/mol. The largest absolute Gasteiger partial charge is 0.309 e. The molecule has 1 aromatic rings. The molecule has 0 heterocycles. The molecule has 2 nitrogen and oxygen atoms in total. The Balaban J connectivity index is 0.000000546. The Hall–Kier alpha value is -1.93. The van der Waals surface area contributed by atoms with Crippen molar-refractivity contribution in [2.45, 2.75) is 128 Å². The predicted molar refractivity (Wildman–Crippen MR) is 175 cm³/mol. The molecule has 1 fully saturated rings. The van der Waals surface area contributed by atoms with Crippen LogP contribution < -0.4 is 0 Å². The lowest BCUT2D eigenvalue weighted by Crippen LogP contribution is -2.11. The summed E-state index contributed by atoms with van der Waals surface area (Å²) < 4.78 is 0. The van der Waals surface area contributed by atoms with Crippen LogP contribution in [0.1, 0.15) is 122 Å². The fourth-order valence-electron chi connectivity index (χ4n) is 4.80. The van der Waals surface area contributed by atoms with E-state index in [2.05, 4.69) is 105 Å². The summed E-state index contributed by atoms with van der Waals surface area (Å²) in [5.74, 6) is 1.13. The lowest BCUT2D eigenvalue weighted by atomic mass is 9.85. The van der Waals surface area contributed by atoms with Crippen molar-refractivity contribution < 1.29 is 0 Å². The Bertz CT molecular complexity index is 925. The predicted octanol–water partition coefficient (Wildman–Crippen LogP) is 10.9. The highest BCUT2D eigenvalue weighted by Crippen LogP contribution is 2.34. The monoisotopic (exact) mass is 522 g/mol. The van der Waals surface area contributed by atoms with Gasteiger partial charge in [0.05, 0.1) is 0 Å². The first kappa shape index (κ1) is 36.1. The molecule has 216 valence electrons. The number of aliphatic imine (C=N–C) groups is 1. The van der Waals surface area contributed by atoms with Crippen molar-refractivity contribution in [3.05, 3.63) is 69.0 Å². The van der Waals surface area contributed by atoms with Crippen LogP contribution in [0.2, 0.25) is 0 Å². The van der Waals surface area contributed by atoms with Gasteiger partial charge in [-0.1, -0.05) is 63.0 Å². The van der Waals surface area contributed by atoms with Crippen molar-refractivity contribution in [2.75, 3.05) is 20.6 Å². The maximum Gasteiger partial charge on any atom is 0.0449 e. The molecule has 0 spiro atoms. The van der Waals surface area contributed by atoms with Gasteiger partial charge in [0.25, 0.3) is 0 Å². The topological polar surface area (TPSA) is 15.6 Å². The average Bonchev–Trinajstić information content (AvgIpc) is 3.64. The van der Waals surface area contributed by atoms with Gasteiger partial charge in [0, 0.05) is 17.0 Å². The van der Waals surface area contributed by atoms with Crippen molar-refractivity contribution >= 4 is 5.71 Å². The fourth-order valence-corrected chi connectivity index (χ4v) is 4.80. The molecule has 0 bridgehead atoms. The number of benzene rings is 1. The van der Waals surface area contributed by atoms with E-state index in [9.17, 15) is 0 Å². The quantitative estimate of drug-likeness (QED) is 0.268. The first-order valence-corrected chi connectivity index (χ1v) is 15.0. The minimum Gasteiger partial charge on any atom is -0.309 e. The number of aryl methyl sites for hydroxylation is 3. The molecule has 0 atom stereocenters. The van der Waals surface area contributed by atoms with E-state index in [4.69, 9.17) is 0 Å². The second-order valence-corrected chi connectivity index (χ2v) is 11.9. The summed E-state index contributed by atoms with van der Waals surface area (Å²) in [6, 6.07) is 4.45. The van der Waals surface area contributed by atoms with Gasteiger partial charge >= 0.3 is 0 Å². The Kier molecular flexibility index (Phi) is 18.2. The average molecular weight is 523 g/mol. The first-order valence-electron chi connectivity index (χ1n) is 15.0. The van der Waals surface area contributed by atoms with Gasteiger partial charge in [-0.2, -0.15) is 0 Å². The maximum atomic E-state index is 4.61. The highest BCUT2D eigenvalue weighted by Gasteiger charge is 2.17. The zero-order chi connectivity index (χ0) is 29.4. The fraction of sp³-hybridized carbons (Fsp3) is 0.639. The summed E-state index contributed by atoms with van der Waals surface area (Å²) in [5.41, 5.74) is 13.3. The second-order valence-electron chi connectivity index (χ2n) is 11.9. The molecule has 1 aromatic carbocycles. The molecule has 1 saturated carbocycles. The number of hydrogen-bond acceptors (Lipinski definition) is 2. The van der Waals surface area contributed by atoms with Crippen molar-refractivity contribution in [3.63, 3.8) is 0 Å². The number of hydrogen-bond donors (Lipinski definition) is 0. The van der Waals surface area contributed by atoms with E-state index in [1.807, 2.05) is 13.8 Å². The van der Waals surface area contributed by atoms with Crippen LogP contribution in [0.5, 0.6) is 0 Å². The molecule has 2 heteroatoms. The van der Waals surface area contributed by atoms with Crippen LogP contribution in [0.3, 0.4) is 0 Å². The molecule has 0 saturated heterocycles. The van der Waals surface area contributed by atoms with Gasteiger partial charge in [-0.05, 0) is 149 Å². The summed E-state index contributed by atoms with van der Waals surface area (Å²) in [7, 11) is 4.17. The molecule has 0 aliphatic heterocycles. The van der Waals surface area contributed by atoms with Crippen LogP contribution in [0.15, 0.2) is 51.7 Å². The van der Waals surface area contributed by atoms with E-state index in [1.54, 1.807) is 0 Å². The van der Waals surface area contributed by atoms with Gasteiger partial charge in [-0.25, -0.2) is 0 Å². The molecule has 0 radical (unpaired) electrons. The van der Waals surface area contributed by atoms with Gasteiger partial charge in [-0.15, -0.1) is 0 Å². The molecule has 0 aromatic heterocycles. The normalized spacial score (nSPS) is 15.2. The minimum absolute atomic E-state index is 1.11. The van der Waals surface area contributed by atoms with Gasteiger partial charge in [-0.3, -0.25) is 4.99 Å². The zero-order valence-corrected chi connectivity index (χ0v) is 27.7. The van der Waals surface area contributed by atoms with E-state index in [0.29, 0.717) is 0 Å². The van der Waals surface area contributed by atoms with Gasteiger partial charge in [0.1, 0.15) is 0 Å². The molecule has 0 N–H and O–H groups in total. The number of rotatable bonds is 6. The SMILES string of the molecule is C=C(C)/C(C1=C(C)CCCC1)=C(/C)N=C(C)C.CCC1CC1.CCCN(C)C.Cc1cc(C)c(C)c(C)c1. The van der Waals surface area contributed by atoms with Gasteiger partial charge in [0.2, 0.25) is 0 Å². The molecule has 0 unspecified atom stereocenters. The van der Waals surface area contributed by atoms with E-state index in [1.165, 1.54) is 96.9 Å². The summed E-state index contributed by atoms with van der Waals surface area (Å²) in [5, 5.41) is 0. The van der Waals surface area contributed by atoms with Crippen molar-refractivity contribution in [2.24, 2.45) is 10.9 Å². The van der Waals surface area contributed by atoms with Crippen LogP contribution in [0.4, 0.5) is 0 Å².